The highest BCUT2D eigenvalue weighted by molar-refractivity contribution is 6.32. The molecule has 1 aromatic carbocycles. The Morgan fingerprint density at radius 2 is 2.11 bits per heavy atom. The quantitative estimate of drug-likeness (QED) is 0.434. The van der Waals surface area contributed by atoms with E-state index in [-0.39, 0.29) is 11.7 Å². The number of ether oxygens (including phenoxy) is 1. The van der Waals surface area contributed by atoms with Gasteiger partial charge in [0.25, 0.3) is 5.56 Å². The van der Waals surface area contributed by atoms with E-state index in [0.29, 0.717) is 45.0 Å². The standard InChI is InChI=1S/C27H31ClF2N6O2/c1-3-15-5-4-10-36(13-15)26-31-12-19(28)24(34-26)32-17-8-9-20-18(11-17)21-22(25(37)35(20)2)38-14-27(29,30)23(33-21)16-6-7-16/h8-9,11-12,15-16,23,33H,3-7,10,13-14H2,1-2H3,(H,31,32,34). The minimum Gasteiger partial charge on any atom is -0.480 e. The number of aryl methyl sites for hydroxylation is 1. The molecule has 2 atom stereocenters. The second kappa shape index (κ2) is 9.55. The molecular formula is C27H31ClF2N6O2. The summed E-state index contributed by atoms with van der Waals surface area (Å²) in [7, 11) is 1.61. The zero-order valence-corrected chi connectivity index (χ0v) is 22.2. The van der Waals surface area contributed by atoms with E-state index >= 15 is 0 Å². The van der Waals surface area contributed by atoms with Gasteiger partial charge in [-0.1, -0.05) is 24.9 Å². The van der Waals surface area contributed by atoms with Crippen molar-refractivity contribution >= 4 is 45.6 Å². The van der Waals surface area contributed by atoms with Gasteiger partial charge in [0.15, 0.2) is 12.4 Å². The topological polar surface area (TPSA) is 84.3 Å². The van der Waals surface area contributed by atoms with Gasteiger partial charge < -0.3 is 24.8 Å². The summed E-state index contributed by atoms with van der Waals surface area (Å²) < 4.78 is 36.7. The van der Waals surface area contributed by atoms with E-state index in [9.17, 15) is 13.6 Å². The number of pyridine rings is 1. The van der Waals surface area contributed by atoms with Crippen molar-refractivity contribution in [2.45, 2.75) is 51.0 Å². The van der Waals surface area contributed by atoms with Gasteiger partial charge in [-0.2, -0.15) is 4.98 Å². The van der Waals surface area contributed by atoms with Crippen LogP contribution in [0.2, 0.25) is 5.02 Å². The van der Waals surface area contributed by atoms with E-state index in [1.165, 1.54) is 11.0 Å². The molecule has 2 N–H and O–H groups in total. The first-order chi connectivity index (χ1) is 18.2. The molecule has 0 bridgehead atoms. The molecule has 2 fully saturated rings. The summed E-state index contributed by atoms with van der Waals surface area (Å²) in [5, 5.41) is 7.25. The summed E-state index contributed by atoms with van der Waals surface area (Å²) in [6, 6.07) is 4.31. The molecule has 38 heavy (non-hydrogen) atoms. The summed E-state index contributed by atoms with van der Waals surface area (Å²) in [4.78, 5) is 24.4. The van der Waals surface area contributed by atoms with Crippen molar-refractivity contribution in [1.82, 2.24) is 14.5 Å². The molecule has 3 aliphatic rings. The summed E-state index contributed by atoms with van der Waals surface area (Å²) in [5.41, 5.74) is 1.09. The highest BCUT2D eigenvalue weighted by Gasteiger charge is 2.51. The lowest BCUT2D eigenvalue weighted by Gasteiger charge is -2.32. The van der Waals surface area contributed by atoms with Crippen LogP contribution in [0.15, 0.2) is 29.2 Å². The van der Waals surface area contributed by atoms with Crippen LogP contribution >= 0.6 is 11.6 Å². The van der Waals surface area contributed by atoms with E-state index in [2.05, 4.69) is 27.4 Å². The largest absolute Gasteiger partial charge is 0.480 e. The predicted molar refractivity (Wildman–Crippen MR) is 145 cm³/mol. The van der Waals surface area contributed by atoms with Gasteiger partial charge in [-0.05, 0) is 55.7 Å². The molecule has 1 aliphatic carbocycles. The molecule has 6 rings (SSSR count). The Balaban J connectivity index is 1.37. The minimum atomic E-state index is -3.09. The van der Waals surface area contributed by atoms with Crippen LogP contribution < -0.4 is 25.8 Å². The Morgan fingerprint density at radius 1 is 1.29 bits per heavy atom. The molecule has 2 unspecified atom stereocenters. The molecule has 0 amide bonds. The van der Waals surface area contributed by atoms with Crippen molar-refractivity contribution in [1.29, 1.82) is 0 Å². The third-order valence-corrected chi connectivity index (χ3v) is 8.26. The number of fused-ring (bicyclic) bond motifs is 3. The van der Waals surface area contributed by atoms with E-state index < -0.39 is 24.1 Å². The van der Waals surface area contributed by atoms with Gasteiger partial charge in [-0.15, -0.1) is 0 Å². The number of alkyl halides is 2. The molecule has 1 saturated heterocycles. The van der Waals surface area contributed by atoms with Crippen molar-refractivity contribution in [3.8, 4) is 5.75 Å². The number of piperidine rings is 1. The van der Waals surface area contributed by atoms with Crippen LogP contribution in [0.4, 0.5) is 31.9 Å². The third kappa shape index (κ3) is 4.52. The molecule has 202 valence electrons. The molecular weight excluding hydrogens is 514 g/mol. The van der Waals surface area contributed by atoms with Crippen molar-refractivity contribution in [2.24, 2.45) is 18.9 Å². The van der Waals surface area contributed by atoms with E-state index in [1.807, 2.05) is 12.1 Å². The van der Waals surface area contributed by atoms with Gasteiger partial charge >= 0.3 is 5.92 Å². The van der Waals surface area contributed by atoms with Crippen LogP contribution in [0.5, 0.6) is 5.75 Å². The Morgan fingerprint density at radius 3 is 2.87 bits per heavy atom. The average molecular weight is 545 g/mol. The monoisotopic (exact) mass is 544 g/mol. The van der Waals surface area contributed by atoms with Crippen LogP contribution in [0, 0.1) is 11.8 Å². The van der Waals surface area contributed by atoms with Crippen molar-refractivity contribution in [2.75, 3.05) is 35.2 Å². The molecule has 2 aromatic heterocycles. The molecule has 0 radical (unpaired) electrons. The maximum atomic E-state index is 14.9. The molecule has 8 nitrogen and oxygen atoms in total. The minimum absolute atomic E-state index is 0.0853. The van der Waals surface area contributed by atoms with Gasteiger partial charge in [-0.25, -0.2) is 13.8 Å². The Bertz CT molecular complexity index is 1440. The molecule has 1 saturated carbocycles. The Labute approximate surface area is 224 Å². The summed E-state index contributed by atoms with van der Waals surface area (Å²) in [6.45, 7) is 3.17. The van der Waals surface area contributed by atoms with Gasteiger partial charge in [-0.3, -0.25) is 4.79 Å². The SMILES string of the molecule is CCC1CCCN(c2ncc(Cl)c(Nc3ccc4c(c3)c3c(c(=O)n4C)OCC(F)(F)C(C4CC4)N3)n2)C1. The van der Waals surface area contributed by atoms with Gasteiger partial charge in [0.1, 0.15) is 5.02 Å². The molecule has 2 aliphatic heterocycles. The number of halogens is 3. The number of anilines is 4. The number of hydrogen-bond donors (Lipinski definition) is 2. The Kier molecular flexibility index (Phi) is 6.32. The summed E-state index contributed by atoms with van der Waals surface area (Å²) >= 11 is 6.47. The summed E-state index contributed by atoms with van der Waals surface area (Å²) in [6.07, 6.45) is 6.46. The number of aromatic nitrogens is 3. The van der Waals surface area contributed by atoms with E-state index in [1.54, 1.807) is 19.3 Å². The Hall–Kier alpha value is -3.14. The van der Waals surface area contributed by atoms with Gasteiger partial charge in [0.05, 0.1) is 23.4 Å². The van der Waals surface area contributed by atoms with Crippen molar-refractivity contribution < 1.29 is 13.5 Å². The lowest BCUT2D eigenvalue weighted by Crippen LogP contribution is -2.44. The second-order valence-corrected chi connectivity index (χ2v) is 11.1. The fourth-order valence-electron chi connectivity index (χ4n) is 5.60. The number of hydrogen-bond acceptors (Lipinski definition) is 7. The smallest absolute Gasteiger partial charge is 0.301 e. The maximum absolute atomic E-state index is 14.9. The number of benzene rings is 1. The number of nitrogens with one attached hydrogen (secondary N) is 2. The first-order valence-electron chi connectivity index (χ1n) is 13.2. The lowest BCUT2D eigenvalue weighted by molar-refractivity contribution is -0.0579. The lowest BCUT2D eigenvalue weighted by atomic mass is 9.96. The predicted octanol–water partition coefficient (Wildman–Crippen LogP) is 5.57. The van der Waals surface area contributed by atoms with Crippen LogP contribution in [-0.4, -0.2) is 46.2 Å². The van der Waals surface area contributed by atoms with Crippen LogP contribution in [0.3, 0.4) is 0 Å². The van der Waals surface area contributed by atoms with Crippen LogP contribution in [-0.2, 0) is 7.05 Å². The fourth-order valence-corrected chi connectivity index (χ4v) is 5.74. The number of nitrogens with zero attached hydrogens (tertiary/aromatic N) is 4. The van der Waals surface area contributed by atoms with Gasteiger partial charge in [0, 0.05) is 31.2 Å². The zero-order chi connectivity index (χ0) is 26.6. The van der Waals surface area contributed by atoms with E-state index in [4.69, 9.17) is 21.3 Å². The average Bonchev–Trinajstić information content (AvgIpc) is 3.76. The second-order valence-electron chi connectivity index (χ2n) is 10.7. The van der Waals surface area contributed by atoms with Crippen LogP contribution in [0.1, 0.15) is 39.0 Å². The fraction of sp³-hybridized carbons (Fsp3) is 0.519. The van der Waals surface area contributed by atoms with E-state index in [0.717, 1.165) is 38.8 Å². The number of rotatable bonds is 5. The normalized spacial score (nSPS) is 22.8. The zero-order valence-electron chi connectivity index (χ0n) is 21.4. The first kappa shape index (κ1) is 25.2. The highest BCUT2D eigenvalue weighted by Crippen LogP contribution is 2.45. The molecule has 0 spiro atoms. The van der Waals surface area contributed by atoms with Crippen LogP contribution in [0.25, 0.3) is 10.9 Å². The van der Waals surface area contributed by atoms with Crippen molar-refractivity contribution in [3.05, 3.63) is 39.8 Å². The van der Waals surface area contributed by atoms with Gasteiger partial charge in [0.2, 0.25) is 11.7 Å². The van der Waals surface area contributed by atoms with Crippen molar-refractivity contribution in [3.63, 3.8) is 0 Å². The third-order valence-electron chi connectivity index (χ3n) is 7.98. The highest BCUT2D eigenvalue weighted by atomic mass is 35.5. The summed E-state index contributed by atoms with van der Waals surface area (Å²) in [5.74, 6) is -1.64. The maximum Gasteiger partial charge on any atom is 0.301 e. The molecule has 11 heteroatoms. The molecule has 4 heterocycles. The molecule has 3 aromatic rings. The first-order valence-corrected chi connectivity index (χ1v) is 13.6.